The number of imidazole rings is 1. The van der Waals surface area contributed by atoms with Crippen molar-refractivity contribution in [1.29, 1.82) is 0 Å². The van der Waals surface area contributed by atoms with Gasteiger partial charge in [0.2, 0.25) is 0 Å². The first-order chi connectivity index (χ1) is 12.0. The van der Waals surface area contributed by atoms with Crippen molar-refractivity contribution in [3.8, 4) is 0 Å². The van der Waals surface area contributed by atoms with Gasteiger partial charge >= 0.3 is 0 Å². The zero-order chi connectivity index (χ0) is 17.8. The van der Waals surface area contributed by atoms with Crippen molar-refractivity contribution in [2.75, 3.05) is 0 Å². The number of hydrogen-bond donors (Lipinski definition) is 2. The lowest BCUT2D eigenvalue weighted by molar-refractivity contribution is 0.0930. The van der Waals surface area contributed by atoms with Gasteiger partial charge < -0.3 is 14.9 Å². The van der Waals surface area contributed by atoms with Crippen LogP contribution in [0.4, 0.5) is 0 Å². The van der Waals surface area contributed by atoms with Crippen molar-refractivity contribution in [2.45, 2.75) is 26.4 Å². The molecule has 1 aromatic carbocycles. The van der Waals surface area contributed by atoms with E-state index in [1.54, 1.807) is 32.4 Å². The maximum atomic E-state index is 12.8. The Labute approximate surface area is 145 Å². The van der Waals surface area contributed by atoms with E-state index >= 15 is 0 Å². The van der Waals surface area contributed by atoms with Crippen LogP contribution in [-0.4, -0.2) is 20.4 Å². The fourth-order valence-corrected chi connectivity index (χ4v) is 2.89. The van der Waals surface area contributed by atoms with Gasteiger partial charge in [-0.3, -0.25) is 9.59 Å². The zero-order valence-corrected chi connectivity index (χ0v) is 14.2. The number of amides is 1. The average Bonchev–Trinajstić information content (AvgIpc) is 3.07. The van der Waals surface area contributed by atoms with Crippen molar-refractivity contribution < 1.29 is 4.79 Å². The van der Waals surface area contributed by atoms with Gasteiger partial charge in [0, 0.05) is 24.6 Å². The van der Waals surface area contributed by atoms with Gasteiger partial charge in [0.05, 0.1) is 12.4 Å². The Bertz CT molecular complexity index is 914. The number of aryl methyl sites for hydroxylation is 2. The smallest absolute Gasteiger partial charge is 0.261 e. The lowest BCUT2D eigenvalue weighted by Gasteiger charge is -2.20. The van der Waals surface area contributed by atoms with Gasteiger partial charge in [-0.2, -0.15) is 0 Å². The van der Waals surface area contributed by atoms with Gasteiger partial charge in [-0.05, 0) is 31.0 Å². The molecule has 0 saturated heterocycles. The largest absolute Gasteiger partial charge is 0.343 e. The van der Waals surface area contributed by atoms with Gasteiger partial charge in [-0.25, -0.2) is 4.98 Å². The molecule has 2 heterocycles. The second-order valence-corrected chi connectivity index (χ2v) is 6.04. The maximum Gasteiger partial charge on any atom is 0.261 e. The molecule has 1 unspecified atom stereocenters. The summed E-state index contributed by atoms with van der Waals surface area (Å²) in [7, 11) is 0. The number of nitrogens with zero attached hydrogens (tertiary/aromatic N) is 2. The van der Waals surface area contributed by atoms with Crippen LogP contribution in [-0.2, 0) is 6.54 Å². The molecule has 2 N–H and O–H groups in total. The van der Waals surface area contributed by atoms with Crippen molar-refractivity contribution in [3.05, 3.63) is 87.9 Å². The number of rotatable bonds is 5. The second-order valence-electron chi connectivity index (χ2n) is 6.04. The normalized spacial score (nSPS) is 11.9. The van der Waals surface area contributed by atoms with Crippen LogP contribution in [0.25, 0.3) is 0 Å². The van der Waals surface area contributed by atoms with Gasteiger partial charge in [-0.1, -0.05) is 30.3 Å². The minimum Gasteiger partial charge on any atom is -0.343 e. The SMILES string of the molecule is Cc1cc(C)c(C(=O)NC(Cn2ccnc2)c2ccccc2)c(=O)[nH]1. The summed E-state index contributed by atoms with van der Waals surface area (Å²) in [5.41, 5.74) is 2.14. The molecule has 0 aliphatic rings. The molecule has 2 aromatic heterocycles. The highest BCUT2D eigenvalue weighted by Crippen LogP contribution is 2.16. The van der Waals surface area contributed by atoms with E-state index < -0.39 is 0 Å². The van der Waals surface area contributed by atoms with E-state index in [0.717, 1.165) is 11.3 Å². The Hall–Kier alpha value is -3.15. The third-order valence-corrected chi connectivity index (χ3v) is 4.05. The molecule has 0 aliphatic carbocycles. The van der Waals surface area contributed by atoms with Crippen molar-refractivity contribution in [1.82, 2.24) is 19.9 Å². The van der Waals surface area contributed by atoms with E-state index in [2.05, 4.69) is 15.3 Å². The fourth-order valence-electron chi connectivity index (χ4n) is 2.89. The molecule has 0 radical (unpaired) electrons. The summed E-state index contributed by atoms with van der Waals surface area (Å²) in [5, 5.41) is 2.98. The maximum absolute atomic E-state index is 12.8. The zero-order valence-electron chi connectivity index (χ0n) is 14.2. The number of hydrogen-bond acceptors (Lipinski definition) is 3. The topological polar surface area (TPSA) is 79.8 Å². The van der Waals surface area contributed by atoms with Crippen LogP contribution in [0.1, 0.15) is 33.2 Å². The molecule has 128 valence electrons. The molecule has 6 nitrogen and oxygen atoms in total. The summed E-state index contributed by atoms with van der Waals surface area (Å²) in [4.78, 5) is 31.7. The molecule has 0 spiro atoms. The second kappa shape index (κ2) is 7.17. The standard InChI is InChI=1S/C19H20N4O2/c1-13-10-14(2)21-18(24)17(13)19(25)22-16(11-23-9-8-20-12-23)15-6-4-3-5-7-15/h3-10,12,16H,11H2,1-2H3,(H,21,24)(H,22,25). The van der Waals surface area contributed by atoms with E-state index in [0.29, 0.717) is 12.1 Å². The van der Waals surface area contributed by atoms with Crippen molar-refractivity contribution in [2.24, 2.45) is 0 Å². The Morgan fingerprint density at radius 1 is 1.28 bits per heavy atom. The minimum atomic E-state index is -0.382. The Kier molecular flexibility index (Phi) is 4.79. The van der Waals surface area contributed by atoms with E-state index in [-0.39, 0.29) is 23.1 Å². The lowest BCUT2D eigenvalue weighted by atomic mass is 10.0. The van der Waals surface area contributed by atoms with Crippen LogP contribution in [0, 0.1) is 13.8 Å². The molecule has 0 saturated carbocycles. The van der Waals surface area contributed by atoms with E-state index in [1.807, 2.05) is 41.1 Å². The highest BCUT2D eigenvalue weighted by atomic mass is 16.2. The molecule has 0 aliphatic heterocycles. The number of pyridine rings is 1. The summed E-state index contributed by atoms with van der Waals surface area (Å²) in [6.07, 6.45) is 5.23. The number of carbonyl (C=O) groups is 1. The molecular weight excluding hydrogens is 316 g/mol. The minimum absolute atomic E-state index is 0.150. The summed E-state index contributed by atoms with van der Waals surface area (Å²) >= 11 is 0. The molecule has 1 amide bonds. The number of benzene rings is 1. The number of nitrogens with one attached hydrogen (secondary N) is 2. The Morgan fingerprint density at radius 2 is 2.04 bits per heavy atom. The highest BCUT2D eigenvalue weighted by Gasteiger charge is 2.20. The van der Waals surface area contributed by atoms with E-state index in [4.69, 9.17) is 0 Å². The van der Waals surface area contributed by atoms with Crippen LogP contribution in [0.2, 0.25) is 0 Å². The highest BCUT2D eigenvalue weighted by molar-refractivity contribution is 5.95. The summed E-state index contributed by atoms with van der Waals surface area (Å²) in [6.45, 7) is 4.09. The average molecular weight is 336 g/mol. The number of H-pyrrole nitrogens is 1. The summed E-state index contributed by atoms with van der Waals surface area (Å²) < 4.78 is 1.89. The first-order valence-corrected chi connectivity index (χ1v) is 8.06. The van der Waals surface area contributed by atoms with Gasteiger partial charge in [-0.15, -0.1) is 0 Å². The molecule has 0 fully saturated rings. The predicted molar refractivity (Wildman–Crippen MR) is 95.4 cm³/mol. The van der Waals surface area contributed by atoms with Crippen molar-refractivity contribution in [3.63, 3.8) is 0 Å². The lowest BCUT2D eigenvalue weighted by Crippen LogP contribution is -2.35. The fraction of sp³-hybridized carbons (Fsp3) is 0.211. The third-order valence-electron chi connectivity index (χ3n) is 4.05. The van der Waals surface area contributed by atoms with Crippen LogP contribution in [0.3, 0.4) is 0 Å². The molecule has 3 rings (SSSR count). The predicted octanol–water partition coefficient (Wildman–Crippen LogP) is 2.36. The quantitative estimate of drug-likeness (QED) is 0.750. The molecule has 25 heavy (non-hydrogen) atoms. The number of aromatic amines is 1. The number of aromatic nitrogens is 3. The summed E-state index contributed by atoms with van der Waals surface area (Å²) in [6, 6.07) is 11.2. The Balaban J connectivity index is 1.90. The van der Waals surface area contributed by atoms with Gasteiger partial charge in [0.1, 0.15) is 5.56 Å². The van der Waals surface area contributed by atoms with Crippen LogP contribution >= 0.6 is 0 Å². The third kappa shape index (κ3) is 3.85. The molecule has 1 atom stereocenters. The molecule has 3 aromatic rings. The first-order valence-electron chi connectivity index (χ1n) is 8.06. The van der Waals surface area contributed by atoms with E-state index in [9.17, 15) is 9.59 Å². The summed E-state index contributed by atoms with van der Waals surface area (Å²) in [5.74, 6) is -0.382. The monoisotopic (exact) mass is 336 g/mol. The number of carbonyl (C=O) groups excluding carboxylic acids is 1. The molecule has 0 bridgehead atoms. The Morgan fingerprint density at radius 3 is 2.68 bits per heavy atom. The molecule has 6 heteroatoms. The van der Waals surface area contributed by atoms with E-state index in [1.165, 1.54) is 0 Å². The van der Waals surface area contributed by atoms with Gasteiger partial charge in [0.25, 0.3) is 11.5 Å². The van der Waals surface area contributed by atoms with Crippen LogP contribution in [0.5, 0.6) is 0 Å². The van der Waals surface area contributed by atoms with Crippen LogP contribution < -0.4 is 10.9 Å². The first kappa shape index (κ1) is 16.7. The van der Waals surface area contributed by atoms with Crippen LogP contribution in [0.15, 0.2) is 59.9 Å². The van der Waals surface area contributed by atoms with Gasteiger partial charge in [0.15, 0.2) is 0 Å². The van der Waals surface area contributed by atoms with Crippen molar-refractivity contribution >= 4 is 5.91 Å². The molecular formula is C19H20N4O2.